The van der Waals surface area contributed by atoms with E-state index in [0.717, 1.165) is 0 Å². The average Bonchev–Trinajstić information content (AvgIpc) is 2.82. The van der Waals surface area contributed by atoms with Crippen molar-refractivity contribution < 1.29 is 9.63 Å². The summed E-state index contributed by atoms with van der Waals surface area (Å²) in [6, 6.07) is 3.22. The zero-order valence-electron chi connectivity index (χ0n) is 8.32. The van der Waals surface area contributed by atoms with E-state index >= 15 is 0 Å². The molecule has 1 N–H and O–H groups in total. The summed E-state index contributed by atoms with van der Waals surface area (Å²) in [4.78, 5) is 0. The van der Waals surface area contributed by atoms with E-state index in [0.29, 0.717) is 22.8 Å². The molecule has 16 heavy (non-hydrogen) atoms. The lowest BCUT2D eigenvalue weighted by Gasteiger charge is -1.96. The van der Waals surface area contributed by atoms with Gasteiger partial charge in [0.25, 0.3) is 0 Å². The van der Waals surface area contributed by atoms with Gasteiger partial charge in [0.1, 0.15) is 5.76 Å². The molecule has 7 heteroatoms. The summed E-state index contributed by atoms with van der Waals surface area (Å²) in [7, 11) is 0. The lowest BCUT2D eigenvalue weighted by molar-refractivity contribution is 0.399. The highest BCUT2D eigenvalue weighted by Gasteiger charge is 2.12. The summed E-state index contributed by atoms with van der Waals surface area (Å²) in [6.07, 6.45) is 1.50. The van der Waals surface area contributed by atoms with Gasteiger partial charge in [-0.2, -0.15) is 5.10 Å². The van der Waals surface area contributed by atoms with Gasteiger partial charge in [-0.3, -0.25) is 0 Å². The van der Waals surface area contributed by atoms with Gasteiger partial charge >= 0.3 is 0 Å². The van der Waals surface area contributed by atoms with Crippen molar-refractivity contribution in [2.24, 2.45) is 0 Å². The molecule has 3 aromatic heterocycles. The Bertz CT molecular complexity index is 657. The molecule has 0 amide bonds. The fourth-order valence-electron chi connectivity index (χ4n) is 1.46. The maximum Gasteiger partial charge on any atom is 0.231 e. The van der Waals surface area contributed by atoms with Crippen molar-refractivity contribution >= 4 is 5.52 Å². The number of hydrogen-bond donors (Lipinski definition) is 1. The van der Waals surface area contributed by atoms with Crippen LogP contribution in [0.15, 0.2) is 22.9 Å². The molecule has 3 aromatic rings. The molecule has 0 unspecified atom stereocenters. The summed E-state index contributed by atoms with van der Waals surface area (Å²) in [6.45, 7) is 1.78. The molecule has 0 aromatic carbocycles. The van der Waals surface area contributed by atoms with Crippen molar-refractivity contribution in [2.45, 2.75) is 6.92 Å². The first-order valence-electron chi connectivity index (χ1n) is 4.58. The number of fused-ring (bicyclic) bond motifs is 1. The molecule has 0 aliphatic rings. The van der Waals surface area contributed by atoms with Crippen LogP contribution >= 0.6 is 0 Å². The van der Waals surface area contributed by atoms with E-state index in [4.69, 9.17) is 4.52 Å². The molecule has 7 nitrogen and oxygen atoms in total. The first-order chi connectivity index (χ1) is 7.74. The van der Waals surface area contributed by atoms with Crippen molar-refractivity contribution in [3.8, 4) is 17.4 Å². The fourth-order valence-corrected chi connectivity index (χ4v) is 1.46. The third-order valence-electron chi connectivity index (χ3n) is 2.12. The Morgan fingerprint density at radius 2 is 2.25 bits per heavy atom. The molecule has 0 aliphatic heterocycles. The van der Waals surface area contributed by atoms with Gasteiger partial charge in [0, 0.05) is 12.1 Å². The van der Waals surface area contributed by atoms with Crippen LogP contribution in [0.4, 0.5) is 0 Å². The topological polar surface area (TPSA) is 89.3 Å². The molecule has 0 saturated carbocycles. The SMILES string of the molecule is Cc1cc(-c2nncc3cc(O)nn23)no1. The van der Waals surface area contributed by atoms with Crippen LogP contribution in [0.3, 0.4) is 0 Å². The maximum absolute atomic E-state index is 9.30. The first kappa shape index (κ1) is 8.84. The highest BCUT2D eigenvalue weighted by Crippen LogP contribution is 2.19. The molecule has 3 heterocycles. The highest BCUT2D eigenvalue weighted by atomic mass is 16.5. The van der Waals surface area contributed by atoms with Crippen molar-refractivity contribution in [1.82, 2.24) is 25.0 Å². The number of hydrogen-bond acceptors (Lipinski definition) is 6. The van der Waals surface area contributed by atoms with Gasteiger partial charge in [0.15, 0.2) is 5.69 Å². The van der Waals surface area contributed by atoms with Crippen LogP contribution in [0.2, 0.25) is 0 Å². The van der Waals surface area contributed by atoms with Gasteiger partial charge in [-0.15, -0.1) is 10.2 Å². The van der Waals surface area contributed by atoms with Crippen molar-refractivity contribution in [3.05, 3.63) is 24.1 Å². The lowest BCUT2D eigenvalue weighted by atomic mass is 10.3. The second-order valence-electron chi connectivity index (χ2n) is 3.33. The second kappa shape index (κ2) is 3.02. The Kier molecular flexibility index (Phi) is 1.67. The number of aromatic hydroxyl groups is 1. The molecular weight excluding hydrogens is 210 g/mol. The van der Waals surface area contributed by atoms with Gasteiger partial charge in [0.05, 0.1) is 11.7 Å². The van der Waals surface area contributed by atoms with E-state index in [2.05, 4.69) is 20.5 Å². The molecule has 0 atom stereocenters. The van der Waals surface area contributed by atoms with Crippen molar-refractivity contribution in [3.63, 3.8) is 0 Å². The van der Waals surface area contributed by atoms with E-state index in [1.54, 1.807) is 13.0 Å². The molecule has 0 radical (unpaired) electrons. The molecule has 0 aliphatic carbocycles. The minimum absolute atomic E-state index is 0.0868. The predicted molar refractivity (Wildman–Crippen MR) is 52.7 cm³/mol. The number of aromatic nitrogens is 5. The Hall–Kier alpha value is -2.44. The Balaban J connectivity index is 2.30. The molecule has 3 rings (SSSR count). The van der Waals surface area contributed by atoms with Crippen LogP contribution in [-0.4, -0.2) is 30.1 Å². The fraction of sp³-hybridized carbons (Fsp3) is 0.111. The van der Waals surface area contributed by atoms with Crippen molar-refractivity contribution in [2.75, 3.05) is 0 Å². The number of aryl methyl sites for hydroxylation is 1. The zero-order chi connectivity index (χ0) is 11.1. The smallest absolute Gasteiger partial charge is 0.231 e. The maximum atomic E-state index is 9.30. The molecular formula is C9H7N5O2. The predicted octanol–water partition coefficient (Wildman–Crippen LogP) is 0.793. The highest BCUT2D eigenvalue weighted by molar-refractivity contribution is 5.56. The summed E-state index contributed by atoms with van der Waals surface area (Å²) in [5, 5.41) is 24.7. The first-order valence-corrected chi connectivity index (χ1v) is 4.58. The average molecular weight is 217 g/mol. The Morgan fingerprint density at radius 1 is 1.38 bits per heavy atom. The Morgan fingerprint density at radius 3 is 3.00 bits per heavy atom. The zero-order valence-corrected chi connectivity index (χ0v) is 8.32. The summed E-state index contributed by atoms with van der Waals surface area (Å²) in [5.74, 6) is 1.01. The van der Waals surface area contributed by atoms with Gasteiger partial charge in [-0.05, 0) is 6.92 Å². The normalized spacial score (nSPS) is 11.1. The van der Waals surface area contributed by atoms with Gasteiger partial charge in [-0.25, -0.2) is 4.52 Å². The standard InChI is InChI=1S/C9H7N5O2/c1-5-2-7(13-16-5)9-11-10-4-6-3-8(15)12-14(6)9/h2-4H,1H3,(H,12,15). The third-order valence-corrected chi connectivity index (χ3v) is 2.12. The van der Waals surface area contributed by atoms with Crippen LogP contribution in [0.1, 0.15) is 5.76 Å². The van der Waals surface area contributed by atoms with Gasteiger partial charge < -0.3 is 9.63 Å². The van der Waals surface area contributed by atoms with E-state index in [1.807, 2.05) is 0 Å². The summed E-state index contributed by atoms with van der Waals surface area (Å²) >= 11 is 0. The monoisotopic (exact) mass is 217 g/mol. The summed E-state index contributed by atoms with van der Waals surface area (Å²) in [5.41, 5.74) is 1.17. The van der Waals surface area contributed by atoms with Crippen LogP contribution in [0, 0.1) is 6.92 Å². The quantitative estimate of drug-likeness (QED) is 0.648. The molecule has 0 bridgehead atoms. The van der Waals surface area contributed by atoms with Gasteiger partial charge in [-0.1, -0.05) is 5.16 Å². The van der Waals surface area contributed by atoms with Crippen LogP contribution in [0.25, 0.3) is 17.0 Å². The Labute approximate surface area is 89.3 Å². The number of rotatable bonds is 1. The van der Waals surface area contributed by atoms with E-state index in [-0.39, 0.29) is 5.88 Å². The van der Waals surface area contributed by atoms with Crippen LogP contribution in [-0.2, 0) is 0 Å². The minimum atomic E-state index is -0.0868. The van der Waals surface area contributed by atoms with Crippen molar-refractivity contribution in [1.29, 1.82) is 0 Å². The largest absolute Gasteiger partial charge is 0.492 e. The minimum Gasteiger partial charge on any atom is -0.492 e. The second-order valence-corrected chi connectivity index (χ2v) is 3.33. The number of nitrogens with zero attached hydrogens (tertiary/aromatic N) is 5. The summed E-state index contributed by atoms with van der Waals surface area (Å²) < 4.78 is 6.41. The molecule has 0 saturated heterocycles. The van der Waals surface area contributed by atoms with E-state index in [1.165, 1.54) is 16.8 Å². The van der Waals surface area contributed by atoms with Crippen LogP contribution < -0.4 is 0 Å². The van der Waals surface area contributed by atoms with Gasteiger partial charge in [0.2, 0.25) is 11.7 Å². The van der Waals surface area contributed by atoms with E-state index in [9.17, 15) is 5.11 Å². The lowest BCUT2D eigenvalue weighted by Crippen LogP contribution is -1.99. The van der Waals surface area contributed by atoms with E-state index < -0.39 is 0 Å². The van der Waals surface area contributed by atoms with Crippen LogP contribution in [0.5, 0.6) is 5.88 Å². The third kappa shape index (κ3) is 1.22. The molecule has 0 spiro atoms. The molecule has 0 fully saturated rings. The molecule has 80 valence electrons.